The van der Waals surface area contributed by atoms with Crippen LogP contribution in [-0.4, -0.2) is 34.8 Å². The van der Waals surface area contributed by atoms with Gasteiger partial charge in [0.05, 0.1) is 23.4 Å². The van der Waals surface area contributed by atoms with Crippen LogP contribution >= 0.6 is 0 Å². The fourth-order valence-electron chi connectivity index (χ4n) is 3.16. The second-order valence-corrected chi connectivity index (χ2v) is 6.30. The molecule has 1 fully saturated rings. The molecule has 3 rings (SSSR count). The number of rotatable bonds is 5. The van der Waals surface area contributed by atoms with Crippen molar-refractivity contribution in [2.75, 3.05) is 18.4 Å². The molecular weight excluding hydrogens is 318 g/mol. The van der Waals surface area contributed by atoms with E-state index in [0.29, 0.717) is 24.5 Å². The summed E-state index contributed by atoms with van der Waals surface area (Å²) in [5.41, 5.74) is 1.42. The molecule has 25 heavy (non-hydrogen) atoms. The van der Waals surface area contributed by atoms with Crippen molar-refractivity contribution in [1.82, 2.24) is 9.88 Å². The Kier molecular flexibility index (Phi) is 5.48. The molecule has 0 aliphatic carbocycles. The number of para-hydroxylation sites is 1. The lowest BCUT2D eigenvalue weighted by Crippen LogP contribution is -2.43. The Balaban J connectivity index is 1.69. The largest absolute Gasteiger partial charge is 0.444 e. The normalized spacial score (nSPS) is 17.3. The number of nitrogens with one attached hydrogen (secondary N) is 1. The van der Waals surface area contributed by atoms with Crippen LogP contribution in [0, 0.1) is 5.92 Å². The number of carbonyl (C=O) groups excluding carboxylic acids is 2. The van der Waals surface area contributed by atoms with Gasteiger partial charge in [-0.3, -0.25) is 9.59 Å². The second kappa shape index (κ2) is 7.96. The van der Waals surface area contributed by atoms with E-state index in [1.807, 2.05) is 36.1 Å². The molecule has 6 nitrogen and oxygen atoms in total. The molecule has 1 unspecified atom stereocenters. The molecule has 1 atom stereocenters. The minimum atomic E-state index is -0.188. The minimum Gasteiger partial charge on any atom is -0.444 e. The number of nitrogens with zero attached hydrogens (tertiary/aromatic N) is 2. The van der Waals surface area contributed by atoms with Gasteiger partial charge in [0.2, 0.25) is 17.7 Å². The Morgan fingerprint density at radius 1 is 1.36 bits per heavy atom. The molecule has 0 spiro atoms. The second-order valence-electron chi connectivity index (χ2n) is 6.30. The van der Waals surface area contributed by atoms with Crippen molar-refractivity contribution in [1.29, 1.82) is 0 Å². The highest BCUT2D eigenvalue weighted by Crippen LogP contribution is 2.27. The molecule has 2 heterocycles. The van der Waals surface area contributed by atoms with E-state index in [4.69, 9.17) is 4.42 Å². The molecule has 1 aromatic heterocycles. The molecule has 1 aliphatic heterocycles. The Morgan fingerprint density at radius 3 is 2.96 bits per heavy atom. The number of hydrogen-bond donors (Lipinski definition) is 1. The van der Waals surface area contributed by atoms with E-state index < -0.39 is 0 Å². The number of likely N-dealkylation sites (tertiary alicyclic amines) is 1. The van der Waals surface area contributed by atoms with Crippen LogP contribution in [0.15, 0.2) is 41.1 Å². The number of oxazole rings is 1. The fourth-order valence-corrected chi connectivity index (χ4v) is 3.16. The molecule has 2 aromatic rings. The first-order valence-corrected chi connectivity index (χ1v) is 8.76. The zero-order valence-corrected chi connectivity index (χ0v) is 14.4. The topological polar surface area (TPSA) is 75.4 Å². The van der Waals surface area contributed by atoms with Gasteiger partial charge < -0.3 is 14.6 Å². The molecule has 2 amide bonds. The zero-order valence-electron chi connectivity index (χ0n) is 14.4. The quantitative estimate of drug-likeness (QED) is 0.905. The van der Waals surface area contributed by atoms with Crippen LogP contribution in [0.1, 0.15) is 32.6 Å². The highest BCUT2D eigenvalue weighted by molar-refractivity contribution is 5.96. The van der Waals surface area contributed by atoms with Gasteiger partial charge in [-0.05, 0) is 31.4 Å². The predicted molar refractivity (Wildman–Crippen MR) is 94.8 cm³/mol. The van der Waals surface area contributed by atoms with Gasteiger partial charge in [0, 0.05) is 19.5 Å². The summed E-state index contributed by atoms with van der Waals surface area (Å²) < 4.78 is 5.35. The minimum absolute atomic E-state index is 0.0620. The molecule has 132 valence electrons. The maximum absolute atomic E-state index is 12.7. The average Bonchev–Trinajstić information content (AvgIpc) is 3.17. The average molecular weight is 341 g/mol. The van der Waals surface area contributed by atoms with Crippen LogP contribution < -0.4 is 5.32 Å². The van der Waals surface area contributed by atoms with Crippen molar-refractivity contribution < 1.29 is 14.0 Å². The van der Waals surface area contributed by atoms with E-state index in [0.717, 1.165) is 31.4 Å². The van der Waals surface area contributed by atoms with Gasteiger partial charge in [-0.2, -0.15) is 0 Å². The van der Waals surface area contributed by atoms with Gasteiger partial charge in [-0.15, -0.1) is 0 Å². The molecule has 1 saturated heterocycles. The number of amides is 2. The summed E-state index contributed by atoms with van der Waals surface area (Å²) in [4.78, 5) is 30.8. The molecule has 0 bridgehead atoms. The van der Waals surface area contributed by atoms with E-state index in [9.17, 15) is 9.59 Å². The summed E-state index contributed by atoms with van der Waals surface area (Å²) in [5.74, 6) is 0.361. The highest BCUT2D eigenvalue weighted by Gasteiger charge is 2.28. The van der Waals surface area contributed by atoms with E-state index in [1.165, 1.54) is 6.26 Å². The van der Waals surface area contributed by atoms with Gasteiger partial charge in [-0.1, -0.05) is 19.1 Å². The predicted octanol–water partition coefficient (Wildman–Crippen LogP) is 3.32. The van der Waals surface area contributed by atoms with Crippen molar-refractivity contribution >= 4 is 17.5 Å². The van der Waals surface area contributed by atoms with E-state index in [-0.39, 0.29) is 17.7 Å². The van der Waals surface area contributed by atoms with Crippen LogP contribution in [0.5, 0.6) is 0 Å². The lowest BCUT2D eigenvalue weighted by molar-refractivity contribution is -0.134. The van der Waals surface area contributed by atoms with Gasteiger partial charge in [0.15, 0.2) is 0 Å². The molecule has 0 saturated carbocycles. The summed E-state index contributed by atoms with van der Waals surface area (Å²) in [6, 6.07) is 7.43. The molecular formula is C19H23N3O3. The maximum Gasteiger partial charge on any atom is 0.229 e. The van der Waals surface area contributed by atoms with Crippen LogP contribution in [0.4, 0.5) is 5.69 Å². The maximum atomic E-state index is 12.7. The summed E-state index contributed by atoms with van der Waals surface area (Å²) in [6.07, 6.45) is 6.10. The third kappa shape index (κ3) is 4.07. The Labute approximate surface area is 147 Å². The lowest BCUT2D eigenvalue weighted by Gasteiger charge is -2.32. The van der Waals surface area contributed by atoms with Crippen molar-refractivity contribution in [2.24, 2.45) is 5.92 Å². The number of hydrogen-bond acceptors (Lipinski definition) is 4. The third-order valence-electron chi connectivity index (χ3n) is 4.46. The fraction of sp³-hybridized carbons (Fsp3) is 0.421. The molecule has 0 radical (unpaired) electrons. The molecule has 1 aromatic carbocycles. The first kappa shape index (κ1) is 17.2. The summed E-state index contributed by atoms with van der Waals surface area (Å²) >= 11 is 0. The van der Waals surface area contributed by atoms with E-state index in [1.54, 1.807) is 6.20 Å². The number of anilines is 1. The highest BCUT2D eigenvalue weighted by atomic mass is 16.3. The standard InChI is InChI=1S/C19H23N3O3/c1-2-6-17(23)22-11-5-7-14(13-22)18(24)21-16-9-4-3-8-15(16)19-20-10-12-25-19/h3-4,8-10,12,14H,2,5-7,11,13H2,1H3,(H,21,24). The number of aromatic nitrogens is 1. The van der Waals surface area contributed by atoms with Crippen LogP contribution in [0.25, 0.3) is 11.5 Å². The summed E-state index contributed by atoms with van der Waals surface area (Å²) in [5, 5.41) is 2.98. The molecule has 1 aliphatic rings. The first-order chi connectivity index (χ1) is 12.2. The Bertz CT molecular complexity index is 727. The van der Waals surface area contributed by atoms with Gasteiger partial charge in [-0.25, -0.2) is 4.98 Å². The van der Waals surface area contributed by atoms with Gasteiger partial charge in [0.1, 0.15) is 6.26 Å². The number of piperidine rings is 1. The van der Waals surface area contributed by atoms with Crippen LogP contribution in [0.2, 0.25) is 0 Å². The van der Waals surface area contributed by atoms with Gasteiger partial charge >= 0.3 is 0 Å². The summed E-state index contributed by atoms with van der Waals surface area (Å²) in [6.45, 7) is 3.23. The molecule has 6 heteroatoms. The van der Waals surface area contributed by atoms with E-state index >= 15 is 0 Å². The zero-order chi connectivity index (χ0) is 17.6. The third-order valence-corrected chi connectivity index (χ3v) is 4.46. The lowest BCUT2D eigenvalue weighted by atomic mass is 9.96. The van der Waals surface area contributed by atoms with Crippen molar-refractivity contribution in [2.45, 2.75) is 32.6 Å². The first-order valence-electron chi connectivity index (χ1n) is 8.76. The molecule has 1 N–H and O–H groups in total. The summed E-state index contributed by atoms with van der Waals surface area (Å²) in [7, 11) is 0. The number of benzene rings is 1. The SMILES string of the molecule is CCCC(=O)N1CCCC(C(=O)Nc2ccccc2-c2ncco2)C1. The monoisotopic (exact) mass is 341 g/mol. The van der Waals surface area contributed by atoms with Crippen molar-refractivity contribution in [3.8, 4) is 11.5 Å². The Morgan fingerprint density at radius 2 is 2.20 bits per heavy atom. The Hall–Kier alpha value is -2.63. The van der Waals surface area contributed by atoms with Gasteiger partial charge in [0.25, 0.3) is 0 Å². The van der Waals surface area contributed by atoms with Crippen molar-refractivity contribution in [3.05, 3.63) is 36.7 Å². The van der Waals surface area contributed by atoms with Crippen LogP contribution in [0.3, 0.4) is 0 Å². The van der Waals surface area contributed by atoms with Crippen LogP contribution in [-0.2, 0) is 9.59 Å². The smallest absolute Gasteiger partial charge is 0.229 e. The van der Waals surface area contributed by atoms with E-state index in [2.05, 4.69) is 10.3 Å². The number of carbonyl (C=O) groups is 2. The van der Waals surface area contributed by atoms with Crippen molar-refractivity contribution in [3.63, 3.8) is 0 Å².